The van der Waals surface area contributed by atoms with E-state index < -0.39 is 11.6 Å². The minimum atomic E-state index is -0.615. The molecule has 0 amide bonds. The molecule has 1 aliphatic carbocycles. The first-order valence-corrected chi connectivity index (χ1v) is 8.32. The lowest BCUT2D eigenvalue weighted by Gasteiger charge is -2.31. The molecule has 1 N–H and O–H groups in total. The van der Waals surface area contributed by atoms with Crippen molar-refractivity contribution in [2.75, 3.05) is 0 Å². The Morgan fingerprint density at radius 3 is 2.35 bits per heavy atom. The van der Waals surface area contributed by atoms with Gasteiger partial charge in [0, 0.05) is 6.42 Å². The van der Waals surface area contributed by atoms with Crippen molar-refractivity contribution in [2.45, 2.75) is 26.7 Å². The summed E-state index contributed by atoms with van der Waals surface area (Å²) in [5.41, 5.74) is 0.486. The third-order valence-corrected chi connectivity index (χ3v) is 4.31. The molecule has 26 heavy (non-hydrogen) atoms. The summed E-state index contributed by atoms with van der Waals surface area (Å²) in [6, 6.07) is 11.3. The molecule has 3 rings (SSSR count). The molecule has 2 aromatic rings. The van der Waals surface area contributed by atoms with E-state index in [1.807, 2.05) is 13.8 Å². The van der Waals surface area contributed by atoms with E-state index in [0.29, 0.717) is 17.8 Å². The van der Waals surface area contributed by atoms with Crippen LogP contribution in [0.5, 0.6) is 0 Å². The zero-order chi connectivity index (χ0) is 18.9. The molecule has 3 nitrogen and oxygen atoms in total. The van der Waals surface area contributed by atoms with Crippen LogP contribution in [-0.2, 0) is 4.79 Å². The number of halogens is 2. The minimum Gasteiger partial charge on any atom is -0.506 e. The quantitative estimate of drug-likeness (QED) is 0.579. The maximum atomic E-state index is 14.1. The van der Waals surface area contributed by atoms with Crippen LogP contribution in [0.15, 0.2) is 59.1 Å². The highest BCUT2D eigenvalue weighted by Crippen LogP contribution is 2.38. The van der Waals surface area contributed by atoms with Crippen molar-refractivity contribution in [2.24, 2.45) is 10.4 Å². The number of ketones is 1. The number of hydrogen-bond acceptors (Lipinski definition) is 3. The lowest BCUT2D eigenvalue weighted by Crippen LogP contribution is -2.32. The maximum absolute atomic E-state index is 14.1. The van der Waals surface area contributed by atoms with Crippen molar-refractivity contribution in [3.63, 3.8) is 0 Å². The van der Waals surface area contributed by atoms with Crippen LogP contribution in [0.3, 0.4) is 0 Å². The number of aliphatic imine (C=N–C) groups is 1. The lowest BCUT2D eigenvalue weighted by molar-refractivity contribution is -0.117. The van der Waals surface area contributed by atoms with Crippen molar-refractivity contribution >= 4 is 22.9 Å². The number of carbonyl (C=O) groups is 1. The molecule has 0 unspecified atom stereocenters. The van der Waals surface area contributed by atoms with E-state index in [-0.39, 0.29) is 34.6 Å². The Kier molecular flexibility index (Phi) is 4.72. The summed E-state index contributed by atoms with van der Waals surface area (Å²) in [4.78, 5) is 17.2. The Labute approximate surface area is 150 Å². The Morgan fingerprint density at radius 1 is 1.04 bits per heavy atom. The highest BCUT2D eigenvalue weighted by molar-refractivity contribution is 6.28. The molecule has 1 aliphatic rings. The Balaban J connectivity index is 2.16. The molecule has 0 radical (unpaired) electrons. The standard InChI is InChI=1S/C21H19F2NO2/c1-21(2)11-17(24-14-9-7-13(22)8-10-14)19(18(25)12-21)20(26)15-5-3-4-6-16(15)23/h3-10,26H,11-12H2,1-2H3/b20-19+,24-17?. The first kappa shape index (κ1) is 18.0. The summed E-state index contributed by atoms with van der Waals surface area (Å²) < 4.78 is 27.2. The Morgan fingerprint density at radius 2 is 1.69 bits per heavy atom. The fourth-order valence-corrected chi connectivity index (χ4v) is 3.11. The van der Waals surface area contributed by atoms with Gasteiger partial charge in [-0.05, 0) is 48.2 Å². The smallest absolute Gasteiger partial charge is 0.169 e. The van der Waals surface area contributed by atoms with Gasteiger partial charge in [-0.1, -0.05) is 26.0 Å². The average Bonchev–Trinajstić information content (AvgIpc) is 2.55. The minimum absolute atomic E-state index is 0.0266. The van der Waals surface area contributed by atoms with Gasteiger partial charge in [-0.2, -0.15) is 0 Å². The van der Waals surface area contributed by atoms with E-state index >= 15 is 0 Å². The number of aliphatic hydroxyl groups is 1. The zero-order valence-electron chi connectivity index (χ0n) is 14.6. The Bertz CT molecular complexity index is 912. The van der Waals surface area contributed by atoms with Gasteiger partial charge in [0.05, 0.1) is 22.5 Å². The van der Waals surface area contributed by atoms with Crippen LogP contribution < -0.4 is 0 Å². The first-order valence-electron chi connectivity index (χ1n) is 8.32. The summed E-state index contributed by atoms with van der Waals surface area (Å²) in [5.74, 6) is -1.71. The van der Waals surface area contributed by atoms with Crippen LogP contribution in [0.1, 0.15) is 32.3 Å². The fourth-order valence-electron chi connectivity index (χ4n) is 3.11. The molecule has 1 saturated carbocycles. The largest absolute Gasteiger partial charge is 0.506 e. The second-order valence-electron chi connectivity index (χ2n) is 7.18. The Hall–Kier alpha value is -2.82. The molecule has 0 aromatic heterocycles. The van der Waals surface area contributed by atoms with Crippen LogP contribution in [0, 0.1) is 17.0 Å². The molecule has 0 heterocycles. The summed E-state index contributed by atoms with van der Waals surface area (Å²) in [6.07, 6.45) is 0.660. The van der Waals surface area contributed by atoms with Crippen molar-refractivity contribution in [3.05, 3.63) is 71.3 Å². The second-order valence-corrected chi connectivity index (χ2v) is 7.18. The van der Waals surface area contributed by atoms with Gasteiger partial charge in [0.1, 0.15) is 17.4 Å². The molecule has 2 aromatic carbocycles. The van der Waals surface area contributed by atoms with Crippen LogP contribution in [0.25, 0.3) is 5.76 Å². The highest BCUT2D eigenvalue weighted by Gasteiger charge is 2.36. The van der Waals surface area contributed by atoms with Gasteiger partial charge in [0.2, 0.25) is 0 Å². The van der Waals surface area contributed by atoms with Gasteiger partial charge in [-0.15, -0.1) is 0 Å². The predicted octanol–water partition coefficient (Wildman–Crippen LogP) is 5.40. The van der Waals surface area contributed by atoms with E-state index in [9.17, 15) is 18.7 Å². The summed E-state index contributed by atoms with van der Waals surface area (Å²) >= 11 is 0. The van der Waals surface area contributed by atoms with Gasteiger partial charge in [-0.3, -0.25) is 9.79 Å². The van der Waals surface area contributed by atoms with Crippen molar-refractivity contribution in [1.29, 1.82) is 0 Å². The summed E-state index contributed by atoms with van der Waals surface area (Å²) in [6.45, 7) is 3.87. The second kappa shape index (κ2) is 6.83. The van der Waals surface area contributed by atoms with Crippen LogP contribution in [0.2, 0.25) is 0 Å². The van der Waals surface area contributed by atoms with Gasteiger partial charge >= 0.3 is 0 Å². The zero-order valence-corrected chi connectivity index (χ0v) is 14.6. The van der Waals surface area contributed by atoms with Crippen molar-refractivity contribution in [3.8, 4) is 0 Å². The third kappa shape index (κ3) is 3.72. The normalized spacial score (nSPS) is 20.3. The average molecular weight is 355 g/mol. The number of benzene rings is 2. The predicted molar refractivity (Wildman–Crippen MR) is 97.5 cm³/mol. The molecule has 0 atom stereocenters. The lowest BCUT2D eigenvalue weighted by atomic mass is 9.73. The molecule has 0 spiro atoms. The number of rotatable bonds is 2. The molecule has 0 saturated heterocycles. The fraction of sp³-hybridized carbons (Fsp3) is 0.238. The van der Waals surface area contributed by atoms with E-state index in [2.05, 4.69) is 4.99 Å². The number of aliphatic hydroxyl groups excluding tert-OH is 1. The number of carbonyl (C=O) groups excluding carboxylic acids is 1. The monoisotopic (exact) mass is 355 g/mol. The van der Waals surface area contributed by atoms with Gasteiger partial charge in [0.25, 0.3) is 0 Å². The number of hydrogen-bond donors (Lipinski definition) is 1. The van der Waals surface area contributed by atoms with E-state index in [1.165, 1.54) is 42.5 Å². The van der Waals surface area contributed by atoms with Crippen LogP contribution in [0.4, 0.5) is 14.5 Å². The molecular weight excluding hydrogens is 336 g/mol. The molecule has 5 heteroatoms. The van der Waals surface area contributed by atoms with E-state index in [4.69, 9.17) is 0 Å². The van der Waals surface area contributed by atoms with Crippen LogP contribution >= 0.6 is 0 Å². The number of nitrogens with zero attached hydrogens (tertiary/aromatic N) is 1. The molecule has 0 aliphatic heterocycles. The SMILES string of the molecule is CC1(C)CC(=O)/C(=C(/O)c2ccccc2F)C(=Nc2ccc(F)cc2)C1. The van der Waals surface area contributed by atoms with Gasteiger partial charge in [0.15, 0.2) is 5.78 Å². The summed E-state index contributed by atoms with van der Waals surface area (Å²) in [7, 11) is 0. The third-order valence-electron chi connectivity index (χ3n) is 4.31. The van der Waals surface area contributed by atoms with E-state index in [1.54, 1.807) is 6.07 Å². The van der Waals surface area contributed by atoms with Gasteiger partial charge < -0.3 is 5.11 Å². The van der Waals surface area contributed by atoms with Crippen molar-refractivity contribution < 1.29 is 18.7 Å². The molecular formula is C21H19F2NO2. The molecule has 0 bridgehead atoms. The maximum Gasteiger partial charge on any atom is 0.169 e. The van der Waals surface area contributed by atoms with Gasteiger partial charge in [-0.25, -0.2) is 8.78 Å². The topological polar surface area (TPSA) is 49.7 Å². The van der Waals surface area contributed by atoms with Crippen LogP contribution in [-0.4, -0.2) is 16.6 Å². The number of allylic oxidation sites excluding steroid dienone is 1. The first-order chi connectivity index (χ1) is 12.3. The molecule has 134 valence electrons. The highest BCUT2D eigenvalue weighted by atomic mass is 19.1. The summed E-state index contributed by atoms with van der Waals surface area (Å²) in [5, 5.41) is 10.6. The van der Waals surface area contributed by atoms with E-state index in [0.717, 1.165) is 0 Å². The number of Topliss-reactive ketones (excluding diaryl/α,β-unsaturated/α-hetero) is 1. The molecule has 1 fully saturated rings. The van der Waals surface area contributed by atoms with Crippen molar-refractivity contribution in [1.82, 2.24) is 0 Å².